The van der Waals surface area contributed by atoms with E-state index in [0.29, 0.717) is 65.3 Å². The van der Waals surface area contributed by atoms with Crippen molar-refractivity contribution in [3.05, 3.63) is 77.1 Å². The van der Waals surface area contributed by atoms with Gasteiger partial charge in [0.1, 0.15) is 5.82 Å². The topological polar surface area (TPSA) is 91.8 Å². The molecule has 1 N–H and O–H groups in total. The zero-order valence-corrected chi connectivity index (χ0v) is 21.1. The van der Waals surface area contributed by atoms with Crippen LogP contribution in [0.25, 0.3) is 22.2 Å². The van der Waals surface area contributed by atoms with E-state index in [1.807, 2.05) is 0 Å². The van der Waals surface area contributed by atoms with Gasteiger partial charge in [0.05, 0.1) is 28.4 Å². The first-order valence-corrected chi connectivity index (χ1v) is 12.1. The maximum atomic E-state index is 14.5. The van der Waals surface area contributed by atoms with E-state index in [4.69, 9.17) is 16.3 Å². The van der Waals surface area contributed by atoms with Crippen molar-refractivity contribution in [2.24, 2.45) is 0 Å². The number of ether oxygens (including phenoxy) is 1. The maximum Gasteiger partial charge on any atom is 0.409 e. The van der Waals surface area contributed by atoms with Crippen molar-refractivity contribution in [2.75, 3.05) is 39.8 Å². The highest BCUT2D eigenvalue weighted by Crippen LogP contribution is 2.30. The highest BCUT2D eigenvalue weighted by Gasteiger charge is 2.26. The molecular weight excluding hydrogens is 499 g/mol. The average Bonchev–Trinajstić information content (AvgIpc) is 2.92. The molecule has 3 amide bonds. The largest absolute Gasteiger partial charge is 0.449 e. The highest BCUT2D eigenvalue weighted by atomic mass is 35.5. The minimum Gasteiger partial charge on any atom is -0.449 e. The number of rotatable bonds is 6. The minimum absolute atomic E-state index is 0.0730. The van der Waals surface area contributed by atoms with Crippen molar-refractivity contribution >= 4 is 40.4 Å². The average molecular weight is 525 g/mol. The van der Waals surface area contributed by atoms with Crippen molar-refractivity contribution in [1.82, 2.24) is 20.1 Å². The van der Waals surface area contributed by atoms with Crippen LogP contribution >= 0.6 is 11.6 Å². The summed E-state index contributed by atoms with van der Waals surface area (Å²) in [6.07, 6.45) is 1.87. The molecule has 8 nitrogen and oxygen atoms in total. The lowest BCUT2D eigenvalue weighted by Gasteiger charge is -2.34. The summed E-state index contributed by atoms with van der Waals surface area (Å²) in [6, 6.07) is 10.9. The van der Waals surface area contributed by atoms with Crippen LogP contribution in [-0.4, -0.2) is 72.5 Å². The van der Waals surface area contributed by atoms with Crippen LogP contribution in [0.4, 0.5) is 9.18 Å². The van der Waals surface area contributed by atoms with E-state index < -0.39 is 17.8 Å². The number of pyridine rings is 1. The third-order valence-corrected chi connectivity index (χ3v) is 6.43. The van der Waals surface area contributed by atoms with Crippen LogP contribution < -0.4 is 5.32 Å². The predicted molar refractivity (Wildman–Crippen MR) is 139 cm³/mol. The fourth-order valence-electron chi connectivity index (χ4n) is 4.06. The molecular formula is C27H26ClFN4O4. The lowest BCUT2D eigenvalue weighted by molar-refractivity contribution is 0.0564. The van der Waals surface area contributed by atoms with Gasteiger partial charge in [-0.3, -0.25) is 9.59 Å². The molecule has 0 bridgehead atoms. The Bertz CT molecular complexity index is 1370. The molecule has 2 heterocycles. The molecule has 0 spiro atoms. The SMILES string of the molecule is C=CCCOC(=O)N1CCN(C(=O)c2ccc3c(Cl)cc(-c4ccc(C(=O)NC)c(F)c4)nc3c2)CC1. The minimum atomic E-state index is -0.678. The van der Waals surface area contributed by atoms with Gasteiger partial charge in [-0.1, -0.05) is 29.8 Å². The number of fused-ring (bicyclic) bond motifs is 1. The van der Waals surface area contributed by atoms with Crippen molar-refractivity contribution < 1.29 is 23.5 Å². The van der Waals surface area contributed by atoms with Crippen molar-refractivity contribution in [2.45, 2.75) is 6.42 Å². The molecule has 0 atom stereocenters. The first-order chi connectivity index (χ1) is 17.8. The van der Waals surface area contributed by atoms with Crippen LogP contribution in [0.15, 0.2) is 55.1 Å². The van der Waals surface area contributed by atoms with Gasteiger partial charge in [0.2, 0.25) is 0 Å². The number of nitrogens with one attached hydrogen (secondary N) is 1. The van der Waals surface area contributed by atoms with E-state index in [1.54, 1.807) is 46.2 Å². The third kappa shape index (κ3) is 5.72. The van der Waals surface area contributed by atoms with E-state index in [2.05, 4.69) is 16.9 Å². The lowest BCUT2D eigenvalue weighted by Crippen LogP contribution is -2.50. The van der Waals surface area contributed by atoms with Crippen molar-refractivity contribution in [1.29, 1.82) is 0 Å². The van der Waals surface area contributed by atoms with E-state index in [0.717, 1.165) is 0 Å². The predicted octanol–water partition coefficient (Wildman–Crippen LogP) is 4.52. The Kier molecular flexibility index (Phi) is 8.03. The summed E-state index contributed by atoms with van der Waals surface area (Å²) in [5.41, 5.74) is 1.69. The molecule has 0 unspecified atom stereocenters. The van der Waals surface area contributed by atoms with Crippen LogP contribution in [0.5, 0.6) is 0 Å². The van der Waals surface area contributed by atoms with Gasteiger partial charge in [0.25, 0.3) is 11.8 Å². The lowest BCUT2D eigenvalue weighted by atomic mass is 10.0. The second-order valence-corrected chi connectivity index (χ2v) is 8.87. The summed E-state index contributed by atoms with van der Waals surface area (Å²) in [5, 5.41) is 3.45. The number of halogens is 2. The highest BCUT2D eigenvalue weighted by molar-refractivity contribution is 6.35. The van der Waals surface area contributed by atoms with Gasteiger partial charge >= 0.3 is 6.09 Å². The smallest absolute Gasteiger partial charge is 0.409 e. The molecule has 1 saturated heterocycles. The van der Waals surface area contributed by atoms with Gasteiger partial charge in [0, 0.05) is 49.7 Å². The third-order valence-electron chi connectivity index (χ3n) is 6.12. The van der Waals surface area contributed by atoms with Crippen LogP contribution in [0.2, 0.25) is 5.02 Å². The van der Waals surface area contributed by atoms with Gasteiger partial charge in [-0.05, 0) is 36.8 Å². The normalized spacial score (nSPS) is 13.4. The molecule has 3 aromatic rings. The Balaban J connectivity index is 1.52. The summed E-state index contributed by atoms with van der Waals surface area (Å²) >= 11 is 6.48. The molecule has 0 radical (unpaired) electrons. The molecule has 10 heteroatoms. The maximum absolute atomic E-state index is 14.5. The molecule has 192 valence electrons. The standard InChI is InChI=1S/C27H26ClFN4O4/c1-3-4-13-37-27(36)33-11-9-32(10-12-33)26(35)18-6-7-19-21(28)16-23(31-24(19)15-18)17-5-8-20(22(29)14-17)25(34)30-2/h3,5-8,14-16H,1,4,9-13H2,2H3,(H,30,34). The summed E-state index contributed by atoms with van der Waals surface area (Å²) in [4.78, 5) is 45.0. The summed E-state index contributed by atoms with van der Waals surface area (Å²) in [7, 11) is 1.43. The van der Waals surface area contributed by atoms with Crippen molar-refractivity contribution in [3.63, 3.8) is 0 Å². The number of hydrogen-bond acceptors (Lipinski definition) is 5. The van der Waals surface area contributed by atoms with Gasteiger partial charge in [0.15, 0.2) is 0 Å². The Morgan fingerprint density at radius 2 is 1.84 bits per heavy atom. The number of piperazine rings is 1. The summed E-state index contributed by atoms with van der Waals surface area (Å²) in [6.45, 7) is 5.37. The summed E-state index contributed by atoms with van der Waals surface area (Å²) < 4.78 is 19.7. The number of amides is 3. The van der Waals surface area contributed by atoms with Crippen LogP contribution in [-0.2, 0) is 4.74 Å². The van der Waals surface area contributed by atoms with E-state index >= 15 is 0 Å². The first kappa shape index (κ1) is 26.1. The fraction of sp³-hybridized carbons (Fsp3) is 0.259. The van der Waals surface area contributed by atoms with Crippen molar-refractivity contribution in [3.8, 4) is 11.3 Å². The number of hydrogen-bond donors (Lipinski definition) is 1. The monoisotopic (exact) mass is 524 g/mol. The number of nitrogens with zero attached hydrogens (tertiary/aromatic N) is 3. The van der Waals surface area contributed by atoms with Gasteiger partial charge < -0.3 is 19.9 Å². The van der Waals surface area contributed by atoms with Crippen LogP contribution in [0.3, 0.4) is 0 Å². The molecule has 1 aromatic heterocycles. The Labute approximate surface area is 218 Å². The molecule has 2 aromatic carbocycles. The van der Waals surface area contributed by atoms with E-state index in [9.17, 15) is 18.8 Å². The number of benzene rings is 2. The second kappa shape index (κ2) is 11.4. The first-order valence-electron chi connectivity index (χ1n) is 11.8. The zero-order chi connectivity index (χ0) is 26.5. The van der Waals surface area contributed by atoms with E-state index in [-0.39, 0.29) is 18.1 Å². The second-order valence-electron chi connectivity index (χ2n) is 8.47. The van der Waals surface area contributed by atoms with E-state index in [1.165, 1.54) is 19.2 Å². The zero-order valence-electron chi connectivity index (χ0n) is 20.3. The Morgan fingerprint density at radius 1 is 1.11 bits per heavy atom. The molecule has 0 aliphatic carbocycles. The van der Waals surface area contributed by atoms with Gasteiger partial charge in [-0.15, -0.1) is 6.58 Å². The summed E-state index contributed by atoms with van der Waals surface area (Å²) in [5.74, 6) is -1.39. The molecule has 4 rings (SSSR count). The quantitative estimate of drug-likeness (QED) is 0.378. The Hall–Kier alpha value is -3.98. The molecule has 0 saturated carbocycles. The number of carbonyl (C=O) groups is 3. The van der Waals surface area contributed by atoms with Crippen LogP contribution in [0.1, 0.15) is 27.1 Å². The molecule has 1 fully saturated rings. The van der Waals surface area contributed by atoms with Gasteiger partial charge in [-0.25, -0.2) is 14.2 Å². The van der Waals surface area contributed by atoms with Crippen LogP contribution in [0, 0.1) is 5.82 Å². The molecule has 37 heavy (non-hydrogen) atoms. The number of carbonyl (C=O) groups excluding carboxylic acids is 3. The fourth-order valence-corrected chi connectivity index (χ4v) is 4.32. The van der Waals surface area contributed by atoms with Gasteiger partial charge in [-0.2, -0.15) is 0 Å². The number of aromatic nitrogens is 1. The Morgan fingerprint density at radius 3 is 2.51 bits per heavy atom. The molecule has 1 aliphatic heterocycles. The molecule has 1 aliphatic rings.